The molecule has 0 aromatic heterocycles. The molecule has 1 aliphatic carbocycles. The van der Waals surface area contributed by atoms with E-state index in [1.807, 2.05) is 18.2 Å². The molecule has 6 heteroatoms. The fourth-order valence-corrected chi connectivity index (χ4v) is 4.95. The van der Waals surface area contributed by atoms with Gasteiger partial charge in [0.2, 0.25) is 0 Å². The second-order valence-corrected chi connectivity index (χ2v) is 9.43. The summed E-state index contributed by atoms with van der Waals surface area (Å²) in [6.45, 7) is 4.90. The second-order valence-electron chi connectivity index (χ2n) is 7.20. The molecule has 4 atom stereocenters. The number of guanidine groups is 1. The molecule has 1 aliphatic heterocycles. The highest BCUT2D eigenvalue weighted by molar-refractivity contribution is 7.91. The highest BCUT2D eigenvalue weighted by atomic mass is 32.2. The zero-order valence-corrected chi connectivity index (χ0v) is 15.2. The molecule has 1 saturated heterocycles. The Morgan fingerprint density at radius 3 is 2.62 bits per heavy atom. The minimum atomic E-state index is -2.84. The number of aliphatic imine (C=N–C) groups is 1. The van der Waals surface area contributed by atoms with Gasteiger partial charge in [0.25, 0.3) is 0 Å². The summed E-state index contributed by atoms with van der Waals surface area (Å²) in [5, 5.41) is 6.93. The lowest BCUT2D eigenvalue weighted by molar-refractivity contribution is 0.586. The number of benzene rings is 1. The van der Waals surface area contributed by atoms with E-state index in [-0.39, 0.29) is 17.7 Å². The Morgan fingerprint density at radius 2 is 2.04 bits per heavy atom. The Kier molecular flexibility index (Phi) is 5.13. The van der Waals surface area contributed by atoms with E-state index in [0.717, 1.165) is 18.8 Å². The van der Waals surface area contributed by atoms with Crippen LogP contribution in [0.1, 0.15) is 38.3 Å². The molecule has 24 heavy (non-hydrogen) atoms. The summed E-state index contributed by atoms with van der Waals surface area (Å²) in [4.78, 5) is 4.68. The van der Waals surface area contributed by atoms with Gasteiger partial charge in [-0.1, -0.05) is 37.3 Å². The summed E-state index contributed by atoms with van der Waals surface area (Å²) < 4.78 is 23.2. The van der Waals surface area contributed by atoms with Gasteiger partial charge in [-0.2, -0.15) is 0 Å². The van der Waals surface area contributed by atoms with Crippen LogP contribution < -0.4 is 10.6 Å². The van der Waals surface area contributed by atoms with E-state index in [9.17, 15) is 8.42 Å². The SMILES string of the molecule is CC(NC(=NCC1CCS(=O)(=O)C1)NC1CC1C)c1ccccc1. The lowest BCUT2D eigenvalue weighted by Gasteiger charge is -2.19. The highest BCUT2D eigenvalue weighted by Gasteiger charge is 2.34. The Bertz CT molecular complexity index is 687. The smallest absolute Gasteiger partial charge is 0.191 e. The van der Waals surface area contributed by atoms with Crippen LogP contribution in [-0.2, 0) is 9.84 Å². The summed E-state index contributed by atoms with van der Waals surface area (Å²) in [5.74, 6) is 2.21. The predicted molar refractivity (Wildman–Crippen MR) is 97.8 cm³/mol. The van der Waals surface area contributed by atoms with E-state index >= 15 is 0 Å². The summed E-state index contributed by atoms with van der Waals surface area (Å²) in [5.41, 5.74) is 1.21. The Balaban J connectivity index is 1.63. The third-order valence-electron chi connectivity index (χ3n) is 4.92. The minimum Gasteiger partial charge on any atom is -0.353 e. The first-order valence-corrected chi connectivity index (χ1v) is 10.6. The van der Waals surface area contributed by atoms with Crippen molar-refractivity contribution in [3.8, 4) is 0 Å². The van der Waals surface area contributed by atoms with Crippen LogP contribution in [-0.4, -0.2) is 38.5 Å². The van der Waals surface area contributed by atoms with Gasteiger partial charge in [-0.3, -0.25) is 4.99 Å². The first-order valence-electron chi connectivity index (χ1n) is 8.76. The van der Waals surface area contributed by atoms with Crippen molar-refractivity contribution in [3.05, 3.63) is 35.9 Å². The average Bonchev–Trinajstić information content (AvgIpc) is 3.12. The molecule has 132 valence electrons. The van der Waals surface area contributed by atoms with Crippen LogP contribution >= 0.6 is 0 Å². The van der Waals surface area contributed by atoms with E-state index < -0.39 is 9.84 Å². The van der Waals surface area contributed by atoms with Crippen LogP contribution in [0.5, 0.6) is 0 Å². The van der Waals surface area contributed by atoms with Gasteiger partial charge in [-0.25, -0.2) is 8.42 Å². The number of nitrogens with zero attached hydrogens (tertiary/aromatic N) is 1. The zero-order valence-electron chi connectivity index (χ0n) is 14.4. The molecule has 0 radical (unpaired) electrons. The van der Waals surface area contributed by atoms with Crippen molar-refractivity contribution < 1.29 is 8.42 Å². The molecular weight excluding hydrogens is 322 g/mol. The maximum absolute atomic E-state index is 11.6. The van der Waals surface area contributed by atoms with Gasteiger partial charge >= 0.3 is 0 Å². The predicted octanol–water partition coefficient (Wildman–Crippen LogP) is 2.13. The quantitative estimate of drug-likeness (QED) is 0.631. The van der Waals surface area contributed by atoms with Crippen molar-refractivity contribution in [2.45, 2.75) is 38.8 Å². The van der Waals surface area contributed by atoms with Gasteiger partial charge in [0.15, 0.2) is 15.8 Å². The van der Waals surface area contributed by atoms with Gasteiger partial charge in [0, 0.05) is 12.6 Å². The largest absolute Gasteiger partial charge is 0.353 e. The van der Waals surface area contributed by atoms with E-state index in [0.29, 0.717) is 24.3 Å². The molecule has 0 amide bonds. The normalized spacial score (nSPS) is 29.9. The zero-order chi connectivity index (χ0) is 17.2. The standard InChI is InChI=1S/C18H27N3O2S/c1-13-10-17(13)21-18(19-11-15-8-9-24(22,23)12-15)20-14(2)16-6-4-3-5-7-16/h3-7,13-15,17H,8-12H2,1-2H3,(H2,19,20,21). The first-order chi connectivity index (χ1) is 11.4. The number of hydrogen-bond acceptors (Lipinski definition) is 3. The molecule has 4 unspecified atom stereocenters. The van der Waals surface area contributed by atoms with E-state index in [2.05, 4.69) is 41.6 Å². The van der Waals surface area contributed by atoms with Crippen LogP contribution in [0.3, 0.4) is 0 Å². The van der Waals surface area contributed by atoms with Crippen LogP contribution in [0.25, 0.3) is 0 Å². The summed E-state index contributed by atoms with van der Waals surface area (Å²) in [7, 11) is -2.84. The molecule has 5 nitrogen and oxygen atoms in total. The van der Waals surface area contributed by atoms with Gasteiger partial charge < -0.3 is 10.6 Å². The molecule has 1 saturated carbocycles. The number of sulfone groups is 1. The maximum atomic E-state index is 11.6. The van der Waals surface area contributed by atoms with Crippen LogP contribution in [0.4, 0.5) is 0 Å². The fourth-order valence-electron chi connectivity index (χ4n) is 3.10. The monoisotopic (exact) mass is 349 g/mol. The summed E-state index contributed by atoms with van der Waals surface area (Å²) in [6, 6.07) is 10.9. The van der Waals surface area contributed by atoms with Crippen LogP contribution in [0, 0.1) is 11.8 Å². The Morgan fingerprint density at radius 1 is 1.33 bits per heavy atom. The summed E-state index contributed by atoms with van der Waals surface area (Å²) >= 11 is 0. The molecule has 1 aromatic rings. The maximum Gasteiger partial charge on any atom is 0.191 e. The number of nitrogens with one attached hydrogen (secondary N) is 2. The van der Waals surface area contributed by atoms with Crippen LogP contribution in [0.15, 0.2) is 35.3 Å². The lowest BCUT2D eigenvalue weighted by atomic mass is 10.1. The van der Waals surface area contributed by atoms with Crippen molar-refractivity contribution >= 4 is 15.8 Å². The highest BCUT2D eigenvalue weighted by Crippen LogP contribution is 2.29. The second kappa shape index (κ2) is 7.13. The molecule has 2 N–H and O–H groups in total. The van der Waals surface area contributed by atoms with Crippen molar-refractivity contribution in [1.82, 2.24) is 10.6 Å². The molecule has 1 heterocycles. The molecule has 2 aliphatic rings. The van der Waals surface area contributed by atoms with Gasteiger partial charge in [0.05, 0.1) is 17.5 Å². The molecule has 1 aromatic carbocycles. The van der Waals surface area contributed by atoms with Gasteiger partial charge in [-0.05, 0) is 37.2 Å². The third-order valence-corrected chi connectivity index (χ3v) is 6.76. The first kappa shape index (κ1) is 17.3. The summed E-state index contributed by atoms with van der Waals surface area (Å²) in [6.07, 6.45) is 1.89. The molecular formula is C18H27N3O2S. The van der Waals surface area contributed by atoms with Crippen molar-refractivity contribution in [2.75, 3.05) is 18.1 Å². The molecule has 0 spiro atoms. The van der Waals surface area contributed by atoms with Crippen molar-refractivity contribution in [2.24, 2.45) is 16.8 Å². The van der Waals surface area contributed by atoms with E-state index in [1.165, 1.54) is 5.56 Å². The van der Waals surface area contributed by atoms with Crippen molar-refractivity contribution in [1.29, 1.82) is 0 Å². The average molecular weight is 350 g/mol. The van der Waals surface area contributed by atoms with Gasteiger partial charge in [-0.15, -0.1) is 0 Å². The molecule has 0 bridgehead atoms. The Labute approximate surface area is 144 Å². The van der Waals surface area contributed by atoms with E-state index in [1.54, 1.807) is 0 Å². The fraction of sp³-hybridized carbons (Fsp3) is 0.611. The van der Waals surface area contributed by atoms with Gasteiger partial charge in [0.1, 0.15) is 0 Å². The molecule has 3 rings (SSSR count). The minimum absolute atomic E-state index is 0.150. The third kappa shape index (κ3) is 4.72. The Hall–Kier alpha value is -1.56. The molecule has 2 fully saturated rings. The van der Waals surface area contributed by atoms with Crippen LogP contribution in [0.2, 0.25) is 0 Å². The number of hydrogen-bond donors (Lipinski definition) is 2. The van der Waals surface area contributed by atoms with Crippen molar-refractivity contribution in [3.63, 3.8) is 0 Å². The number of rotatable bonds is 5. The van der Waals surface area contributed by atoms with E-state index in [4.69, 9.17) is 0 Å². The lowest BCUT2D eigenvalue weighted by Crippen LogP contribution is -2.40. The topological polar surface area (TPSA) is 70.6 Å².